The minimum atomic E-state index is -0.304. The maximum Gasteiger partial charge on any atom is 0.354 e. The van der Waals surface area contributed by atoms with E-state index >= 15 is 0 Å². The molecule has 0 aliphatic carbocycles. The van der Waals surface area contributed by atoms with Crippen LogP contribution in [0.4, 0.5) is 0 Å². The molecule has 3 atom stereocenters. The number of amidine groups is 1. The molecular formula is C28H42N10O. The monoisotopic (exact) mass is 534 g/mol. The summed E-state index contributed by atoms with van der Waals surface area (Å²) in [6, 6.07) is 10.3. The number of hydrogen-bond acceptors (Lipinski definition) is 6. The summed E-state index contributed by atoms with van der Waals surface area (Å²) in [6.45, 7) is 8.75. The van der Waals surface area contributed by atoms with Crippen molar-refractivity contribution in [2.45, 2.75) is 51.5 Å². The fourth-order valence-corrected chi connectivity index (χ4v) is 5.25. The predicted octanol–water partition coefficient (Wildman–Crippen LogP) is 2.17. The highest BCUT2D eigenvalue weighted by atomic mass is 16.1. The number of aromatic nitrogens is 3. The molecule has 1 aliphatic heterocycles. The highest BCUT2D eigenvalue weighted by molar-refractivity contribution is 5.77. The number of nitrogens with two attached hydrogens (primary N) is 3. The maximum atomic E-state index is 12.9. The molecule has 0 unspecified atom stereocenters. The first-order valence-electron chi connectivity index (χ1n) is 13.8. The molecule has 0 saturated carbocycles. The van der Waals surface area contributed by atoms with Crippen molar-refractivity contribution in [2.75, 3.05) is 32.7 Å². The second kappa shape index (κ2) is 12.9. The molecule has 11 heteroatoms. The molecule has 4 rings (SSSR count). The van der Waals surface area contributed by atoms with Gasteiger partial charge in [-0.1, -0.05) is 19.1 Å². The van der Waals surface area contributed by atoms with Crippen LogP contribution in [0.5, 0.6) is 0 Å². The Bertz CT molecular complexity index is 1340. The highest BCUT2D eigenvalue weighted by Crippen LogP contribution is 2.29. The van der Waals surface area contributed by atoms with Crippen LogP contribution in [0.1, 0.15) is 62.7 Å². The maximum absolute atomic E-state index is 12.9. The van der Waals surface area contributed by atoms with Crippen LogP contribution in [0.2, 0.25) is 0 Å². The van der Waals surface area contributed by atoms with Crippen LogP contribution in [-0.2, 0) is 0 Å². The first kappa shape index (κ1) is 28.3. The van der Waals surface area contributed by atoms with Gasteiger partial charge in [0.1, 0.15) is 5.65 Å². The Kier molecular flexibility index (Phi) is 9.36. The second-order valence-corrected chi connectivity index (χ2v) is 10.8. The number of nitrogens with zero attached hydrogens (tertiary/aromatic N) is 4. The van der Waals surface area contributed by atoms with Crippen LogP contribution in [0.25, 0.3) is 16.7 Å². The molecule has 0 spiro atoms. The third kappa shape index (κ3) is 7.67. The summed E-state index contributed by atoms with van der Waals surface area (Å²) in [4.78, 5) is 27.1. The van der Waals surface area contributed by atoms with Crippen LogP contribution in [0, 0.1) is 11.3 Å². The molecule has 9 N–H and O–H groups in total. The first-order chi connectivity index (χ1) is 18.7. The van der Waals surface area contributed by atoms with Crippen molar-refractivity contribution in [3.8, 4) is 5.69 Å². The van der Waals surface area contributed by atoms with Gasteiger partial charge in [0.15, 0.2) is 5.96 Å². The Balaban J connectivity index is 1.38. The summed E-state index contributed by atoms with van der Waals surface area (Å²) in [5.74, 6) is 1.26. The Morgan fingerprint density at radius 1 is 1.26 bits per heavy atom. The topological polar surface area (TPSA) is 180 Å². The molecule has 1 saturated heterocycles. The molecule has 1 fully saturated rings. The van der Waals surface area contributed by atoms with Gasteiger partial charge in [0.05, 0.1) is 11.5 Å². The van der Waals surface area contributed by atoms with Gasteiger partial charge < -0.3 is 32.4 Å². The van der Waals surface area contributed by atoms with Crippen molar-refractivity contribution >= 4 is 22.8 Å². The number of aromatic amines is 1. The number of likely N-dealkylation sites (tertiary alicyclic amines) is 1. The van der Waals surface area contributed by atoms with Gasteiger partial charge in [-0.25, -0.2) is 4.79 Å². The summed E-state index contributed by atoms with van der Waals surface area (Å²) >= 11 is 0. The van der Waals surface area contributed by atoms with E-state index in [-0.39, 0.29) is 23.5 Å². The van der Waals surface area contributed by atoms with E-state index in [9.17, 15) is 4.79 Å². The molecule has 3 aromatic rings. The van der Waals surface area contributed by atoms with Crippen molar-refractivity contribution < 1.29 is 0 Å². The van der Waals surface area contributed by atoms with E-state index in [0.29, 0.717) is 30.4 Å². The largest absolute Gasteiger partial charge is 0.388 e. The van der Waals surface area contributed by atoms with Crippen molar-refractivity contribution in [3.05, 3.63) is 58.3 Å². The Labute approximate surface area is 229 Å². The molecule has 11 nitrogen and oxygen atoms in total. The van der Waals surface area contributed by atoms with Crippen molar-refractivity contribution in [1.29, 1.82) is 5.41 Å². The van der Waals surface area contributed by atoms with Gasteiger partial charge >= 0.3 is 5.69 Å². The smallest absolute Gasteiger partial charge is 0.354 e. The molecule has 3 heterocycles. The van der Waals surface area contributed by atoms with E-state index in [4.69, 9.17) is 22.6 Å². The lowest BCUT2D eigenvalue weighted by Gasteiger charge is -2.20. The van der Waals surface area contributed by atoms with Gasteiger partial charge in [-0.15, -0.1) is 0 Å². The van der Waals surface area contributed by atoms with Crippen molar-refractivity contribution in [3.63, 3.8) is 0 Å². The van der Waals surface area contributed by atoms with Gasteiger partial charge in [0, 0.05) is 55.3 Å². The Morgan fingerprint density at radius 2 is 2.03 bits per heavy atom. The Hall–Kier alpha value is -3.70. The van der Waals surface area contributed by atoms with E-state index < -0.39 is 0 Å². The Morgan fingerprint density at radius 3 is 2.74 bits per heavy atom. The number of H-pyrrole nitrogens is 1. The average Bonchev–Trinajstić information content (AvgIpc) is 3.53. The zero-order valence-corrected chi connectivity index (χ0v) is 23.0. The van der Waals surface area contributed by atoms with Crippen molar-refractivity contribution in [1.82, 2.24) is 24.8 Å². The number of rotatable bonds is 13. The minimum absolute atomic E-state index is 0.117. The van der Waals surface area contributed by atoms with Crippen LogP contribution < -0.4 is 28.2 Å². The summed E-state index contributed by atoms with van der Waals surface area (Å²) in [6.07, 6.45) is 5.39. The SMILES string of the molecule is C[C@@H](CCC(=N)N)CN1CC[C@@H](c2cc3cn(-c4ccc([C@H](C)NCCCN=C(N)N)cc4)c(=O)nc3[nH]2)C1. The summed E-state index contributed by atoms with van der Waals surface area (Å²) < 4.78 is 1.61. The third-order valence-corrected chi connectivity index (χ3v) is 7.47. The molecule has 0 radical (unpaired) electrons. The van der Waals surface area contributed by atoms with Gasteiger partial charge in [0.25, 0.3) is 0 Å². The quantitative estimate of drug-likeness (QED) is 0.110. The fourth-order valence-electron chi connectivity index (χ4n) is 5.25. The summed E-state index contributed by atoms with van der Waals surface area (Å²) in [5.41, 5.74) is 19.6. The molecule has 2 aromatic heterocycles. The predicted molar refractivity (Wildman–Crippen MR) is 158 cm³/mol. The molecule has 1 aliphatic rings. The molecule has 39 heavy (non-hydrogen) atoms. The zero-order chi connectivity index (χ0) is 27.9. The minimum Gasteiger partial charge on any atom is -0.388 e. The van der Waals surface area contributed by atoms with Crippen LogP contribution in [0.3, 0.4) is 0 Å². The number of nitrogens with one attached hydrogen (secondary N) is 3. The third-order valence-electron chi connectivity index (χ3n) is 7.47. The number of benzene rings is 1. The normalized spacial score (nSPS) is 17.3. The van der Waals surface area contributed by atoms with Gasteiger partial charge in [-0.2, -0.15) is 4.98 Å². The lowest BCUT2D eigenvalue weighted by atomic mass is 10.0. The molecular weight excluding hydrogens is 492 g/mol. The highest BCUT2D eigenvalue weighted by Gasteiger charge is 2.26. The molecule has 210 valence electrons. The number of guanidine groups is 1. The van der Waals surface area contributed by atoms with Crippen LogP contribution in [0.15, 0.2) is 46.3 Å². The summed E-state index contributed by atoms with van der Waals surface area (Å²) in [7, 11) is 0. The number of fused-ring (bicyclic) bond motifs is 1. The molecule has 0 amide bonds. The average molecular weight is 535 g/mol. The number of aliphatic imine (C=N–C) groups is 1. The van der Waals surface area contributed by atoms with Gasteiger partial charge in [-0.05, 0) is 69.0 Å². The molecule has 1 aromatic carbocycles. The van der Waals surface area contributed by atoms with Crippen LogP contribution in [-0.4, -0.2) is 64.0 Å². The van der Waals surface area contributed by atoms with E-state index in [2.05, 4.69) is 45.1 Å². The lowest BCUT2D eigenvalue weighted by molar-refractivity contribution is 0.278. The van der Waals surface area contributed by atoms with Gasteiger partial charge in [0.2, 0.25) is 0 Å². The van der Waals surface area contributed by atoms with Gasteiger partial charge in [-0.3, -0.25) is 15.0 Å². The first-order valence-corrected chi connectivity index (χ1v) is 13.8. The molecule has 0 bridgehead atoms. The van der Waals surface area contributed by atoms with E-state index in [1.807, 2.05) is 30.5 Å². The fraction of sp³-hybridized carbons (Fsp3) is 0.500. The van der Waals surface area contributed by atoms with Crippen molar-refractivity contribution in [2.24, 2.45) is 28.1 Å². The van der Waals surface area contributed by atoms with Crippen LogP contribution >= 0.6 is 0 Å². The van der Waals surface area contributed by atoms with E-state index in [0.717, 1.165) is 67.8 Å². The summed E-state index contributed by atoms with van der Waals surface area (Å²) in [5, 5.41) is 11.8. The van der Waals surface area contributed by atoms with E-state index in [1.165, 1.54) is 0 Å². The second-order valence-electron chi connectivity index (χ2n) is 10.8. The lowest BCUT2D eigenvalue weighted by Crippen LogP contribution is -2.27. The standard InChI is InChI=1S/C28H42N10O/c1-18(4-9-25(29)30)15-37-13-10-21(16-37)24-14-22-17-38(28(39)36-26(22)35-24)23-7-5-20(6-8-23)19(2)33-11-3-12-34-27(31)32/h5-8,14,17-19,21,33H,3-4,9-13,15-16H2,1-2H3,(H3,29,30)(H4,31,32,34)(H,35,36,39)/t18-,19-,21+/m0/s1. The number of hydrogen-bond donors (Lipinski definition) is 6. The zero-order valence-electron chi connectivity index (χ0n) is 23.0. The van der Waals surface area contributed by atoms with E-state index in [1.54, 1.807) is 4.57 Å².